The number of hydrogen-bond acceptors (Lipinski definition) is 3. The van der Waals surface area contributed by atoms with E-state index in [0.29, 0.717) is 0 Å². The number of rotatable bonds is 2. The molecule has 0 amide bonds. The number of azo groups is 1. The van der Waals surface area contributed by atoms with Crippen molar-refractivity contribution in [1.29, 1.82) is 0 Å². The summed E-state index contributed by atoms with van der Waals surface area (Å²) in [6.45, 7) is 2.01. The maximum atomic E-state index is 5.61. The third-order valence-corrected chi connectivity index (χ3v) is 2.50. The molecule has 0 aliphatic rings. The highest BCUT2D eigenvalue weighted by molar-refractivity contribution is 5.47. The van der Waals surface area contributed by atoms with E-state index in [-0.39, 0.29) is 7.43 Å². The third kappa shape index (κ3) is 3.13. The van der Waals surface area contributed by atoms with Crippen LogP contribution < -0.4 is 10.3 Å². The van der Waals surface area contributed by atoms with Gasteiger partial charge in [-0.25, -0.2) is 4.57 Å². The van der Waals surface area contributed by atoms with E-state index in [2.05, 4.69) is 10.2 Å². The second-order valence-electron chi connectivity index (χ2n) is 3.92. The van der Waals surface area contributed by atoms with E-state index in [1.165, 1.54) is 0 Å². The summed E-state index contributed by atoms with van der Waals surface area (Å²) in [7, 11) is 1.95. The van der Waals surface area contributed by atoms with Crippen molar-refractivity contribution in [2.45, 2.75) is 14.4 Å². The molecule has 2 rings (SSSR count). The SMILES string of the molecule is C.Cc1ccc[n+](C)c1N=Nc1ccc(N)cc1. The van der Waals surface area contributed by atoms with Crippen LogP contribution in [0.1, 0.15) is 13.0 Å². The largest absolute Gasteiger partial charge is 0.399 e. The van der Waals surface area contributed by atoms with E-state index in [1.807, 2.05) is 61.1 Å². The molecule has 94 valence electrons. The maximum absolute atomic E-state index is 5.61. The molecule has 2 aromatic rings. The molecule has 1 heterocycles. The van der Waals surface area contributed by atoms with Gasteiger partial charge in [0.05, 0.1) is 18.4 Å². The highest BCUT2D eigenvalue weighted by Crippen LogP contribution is 2.18. The Hall–Kier alpha value is -2.23. The molecule has 0 aliphatic heterocycles. The van der Waals surface area contributed by atoms with Gasteiger partial charge in [-0.1, -0.05) is 7.43 Å². The molecule has 0 fully saturated rings. The summed E-state index contributed by atoms with van der Waals surface area (Å²) in [4.78, 5) is 0. The molecule has 0 unspecified atom stereocenters. The first-order valence-corrected chi connectivity index (χ1v) is 5.39. The van der Waals surface area contributed by atoms with Gasteiger partial charge >= 0.3 is 5.82 Å². The van der Waals surface area contributed by atoms with Crippen LogP contribution >= 0.6 is 0 Å². The van der Waals surface area contributed by atoms with Crippen molar-refractivity contribution in [2.75, 3.05) is 5.73 Å². The number of anilines is 1. The molecule has 4 heteroatoms. The molecule has 0 radical (unpaired) electrons. The van der Waals surface area contributed by atoms with Crippen molar-refractivity contribution in [1.82, 2.24) is 0 Å². The van der Waals surface area contributed by atoms with Crippen LogP contribution in [0.15, 0.2) is 52.8 Å². The van der Waals surface area contributed by atoms with Crippen LogP contribution in [0.5, 0.6) is 0 Å². The van der Waals surface area contributed by atoms with Crippen LogP contribution in [0.2, 0.25) is 0 Å². The Bertz CT molecular complexity index is 524. The molecule has 0 aliphatic carbocycles. The average Bonchev–Trinajstić information content (AvgIpc) is 2.31. The second-order valence-corrected chi connectivity index (χ2v) is 3.92. The van der Waals surface area contributed by atoms with E-state index in [4.69, 9.17) is 5.73 Å². The summed E-state index contributed by atoms with van der Waals surface area (Å²) in [5, 5.41) is 8.44. The van der Waals surface area contributed by atoms with Crippen LogP contribution in [0.4, 0.5) is 17.2 Å². The van der Waals surface area contributed by atoms with Crippen molar-refractivity contribution < 1.29 is 4.57 Å². The van der Waals surface area contributed by atoms with Crippen molar-refractivity contribution in [2.24, 2.45) is 17.3 Å². The maximum Gasteiger partial charge on any atom is 0.353 e. The normalized spacial score (nSPS) is 10.3. The topological polar surface area (TPSA) is 54.6 Å². The number of pyridine rings is 1. The Morgan fingerprint density at radius 2 is 1.72 bits per heavy atom. The monoisotopic (exact) mass is 243 g/mol. The van der Waals surface area contributed by atoms with Gasteiger partial charge in [-0.15, -0.1) is 0 Å². The minimum atomic E-state index is 0. The molecule has 1 aromatic heterocycles. The smallest absolute Gasteiger partial charge is 0.353 e. The fraction of sp³-hybridized carbons (Fsp3) is 0.214. The van der Waals surface area contributed by atoms with E-state index in [1.54, 1.807) is 0 Å². The molecule has 1 aromatic carbocycles. The zero-order chi connectivity index (χ0) is 12.3. The van der Waals surface area contributed by atoms with Crippen LogP contribution in [0.3, 0.4) is 0 Å². The second kappa shape index (κ2) is 5.91. The lowest BCUT2D eigenvalue weighted by molar-refractivity contribution is -0.658. The molecule has 0 bridgehead atoms. The van der Waals surface area contributed by atoms with E-state index >= 15 is 0 Å². The van der Waals surface area contributed by atoms with Crippen molar-refractivity contribution in [3.05, 3.63) is 48.2 Å². The van der Waals surface area contributed by atoms with Crippen LogP contribution in [-0.2, 0) is 7.05 Å². The van der Waals surface area contributed by atoms with Gasteiger partial charge in [0.25, 0.3) is 0 Å². The summed E-state index contributed by atoms with van der Waals surface area (Å²) < 4.78 is 1.94. The Kier molecular flexibility index (Phi) is 4.54. The zero-order valence-corrected chi connectivity index (χ0v) is 9.96. The van der Waals surface area contributed by atoms with Crippen molar-refractivity contribution >= 4 is 17.2 Å². The summed E-state index contributed by atoms with van der Waals surface area (Å²) in [6, 6.07) is 11.3. The average molecular weight is 243 g/mol. The molecule has 18 heavy (non-hydrogen) atoms. The lowest BCUT2D eigenvalue weighted by Gasteiger charge is -1.95. The van der Waals surface area contributed by atoms with Crippen molar-refractivity contribution in [3.63, 3.8) is 0 Å². The molecule has 2 N–H and O–H groups in total. The predicted octanol–water partition coefficient (Wildman–Crippen LogP) is 3.45. The van der Waals surface area contributed by atoms with E-state index in [9.17, 15) is 0 Å². The van der Waals surface area contributed by atoms with Gasteiger partial charge in [0, 0.05) is 11.3 Å². The van der Waals surface area contributed by atoms with Gasteiger partial charge in [-0.05, 0) is 48.4 Å². The first-order valence-electron chi connectivity index (χ1n) is 5.39. The number of nitrogens with two attached hydrogens (primary N) is 1. The minimum Gasteiger partial charge on any atom is -0.399 e. The number of benzene rings is 1. The number of aryl methyl sites for hydroxylation is 2. The first-order chi connectivity index (χ1) is 8.16. The molecule has 4 nitrogen and oxygen atoms in total. The van der Waals surface area contributed by atoms with Gasteiger partial charge in [0.2, 0.25) is 0 Å². The van der Waals surface area contributed by atoms with Gasteiger partial charge in [0.15, 0.2) is 0 Å². The van der Waals surface area contributed by atoms with E-state index < -0.39 is 0 Å². The van der Waals surface area contributed by atoms with E-state index in [0.717, 1.165) is 22.8 Å². The number of hydrogen-bond donors (Lipinski definition) is 1. The lowest BCUT2D eigenvalue weighted by Crippen LogP contribution is -2.27. The Labute approximate surface area is 108 Å². The van der Waals surface area contributed by atoms with Gasteiger partial charge in [-0.3, -0.25) is 0 Å². The number of nitrogen functional groups attached to an aromatic ring is 1. The van der Waals surface area contributed by atoms with Crippen LogP contribution in [0.25, 0.3) is 0 Å². The first kappa shape index (κ1) is 13.8. The molecule has 0 atom stereocenters. The minimum absolute atomic E-state index is 0. The summed E-state index contributed by atoms with van der Waals surface area (Å²) >= 11 is 0. The van der Waals surface area contributed by atoms with Gasteiger partial charge in [-0.2, -0.15) is 0 Å². The standard InChI is InChI=1S/C13H14N4.CH4/c1-10-4-3-9-17(2)13(10)16-15-12-7-5-11(14)6-8-12;/h3-9,14H,1-2H3;1H4/p+1. The summed E-state index contributed by atoms with van der Waals surface area (Å²) in [5.41, 5.74) is 8.22. The molecular formula is C14H19N4+. The number of aromatic nitrogens is 1. The molecular weight excluding hydrogens is 224 g/mol. The Morgan fingerprint density at radius 3 is 2.33 bits per heavy atom. The number of nitrogens with zero attached hydrogens (tertiary/aromatic N) is 3. The molecule has 0 saturated heterocycles. The highest BCUT2D eigenvalue weighted by atomic mass is 15.2. The highest BCUT2D eigenvalue weighted by Gasteiger charge is 2.09. The quantitative estimate of drug-likeness (QED) is 0.490. The Morgan fingerprint density at radius 1 is 1.06 bits per heavy atom. The third-order valence-electron chi connectivity index (χ3n) is 2.50. The van der Waals surface area contributed by atoms with Crippen LogP contribution in [0, 0.1) is 6.92 Å². The fourth-order valence-corrected chi connectivity index (χ4v) is 1.54. The summed E-state index contributed by atoms with van der Waals surface area (Å²) in [6.07, 6.45) is 1.95. The van der Waals surface area contributed by atoms with Crippen molar-refractivity contribution in [3.8, 4) is 0 Å². The lowest BCUT2D eigenvalue weighted by atomic mass is 10.3. The fourth-order valence-electron chi connectivity index (χ4n) is 1.54. The summed E-state index contributed by atoms with van der Waals surface area (Å²) in [5.74, 6) is 0.851. The Balaban J connectivity index is 0.00000162. The predicted molar refractivity (Wildman–Crippen MR) is 74.1 cm³/mol. The molecule has 0 spiro atoms. The zero-order valence-electron chi connectivity index (χ0n) is 9.96. The molecule has 0 saturated carbocycles. The van der Waals surface area contributed by atoms with Gasteiger partial charge in [0.1, 0.15) is 5.69 Å². The van der Waals surface area contributed by atoms with Gasteiger partial charge < -0.3 is 5.73 Å². The van der Waals surface area contributed by atoms with Crippen LogP contribution in [-0.4, -0.2) is 0 Å².